The largest absolute Gasteiger partial charge is 0.469 e. The van der Waals surface area contributed by atoms with E-state index in [4.69, 9.17) is 4.42 Å². The first-order chi connectivity index (χ1) is 12.7. The van der Waals surface area contributed by atoms with Crippen molar-refractivity contribution in [2.45, 2.75) is 31.7 Å². The number of rotatable bonds is 2. The summed E-state index contributed by atoms with van der Waals surface area (Å²) in [5.74, 6) is 2.40. The van der Waals surface area contributed by atoms with E-state index in [2.05, 4.69) is 15.4 Å². The number of fused-ring (bicyclic) bond motifs is 1. The molecule has 0 unspecified atom stereocenters. The van der Waals surface area contributed by atoms with Gasteiger partial charge in [0.1, 0.15) is 17.6 Å². The third-order valence-corrected chi connectivity index (χ3v) is 5.09. The fourth-order valence-corrected chi connectivity index (χ4v) is 3.99. The van der Waals surface area contributed by atoms with E-state index in [1.807, 2.05) is 54.1 Å². The monoisotopic (exact) mass is 346 g/mol. The van der Waals surface area contributed by atoms with Gasteiger partial charge in [0, 0.05) is 23.6 Å². The van der Waals surface area contributed by atoms with Crippen molar-refractivity contribution in [1.29, 1.82) is 0 Å². The maximum atomic E-state index is 13.1. The van der Waals surface area contributed by atoms with E-state index in [1.54, 1.807) is 6.26 Å². The standard InChI is InChI=1S/C20H18N4O2/c1-12-21-20-22-15-10-14(17-8-5-9-26-17)11-16(25)18(15)19(24(20)23-12)13-6-3-2-4-7-13/h2-9,14,19H,10-11H2,1H3,(H,21,22,23)/t14-,19-/m1/s1. The van der Waals surface area contributed by atoms with Crippen LogP contribution >= 0.6 is 0 Å². The average molecular weight is 346 g/mol. The summed E-state index contributed by atoms with van der Waals surface area (Å²) in [6.07, 6.45) is 2.83. The topological polar surface area (TPSA) is 73.0 Å². The van der Waals surface area contributed by atoms with Gasteiger partial charge in [-0.15, -0.1) is 0 Å². The van der Waals surface area contributed by atoms with E-state index in [9.17, 15) is 4.79 Å². The number of furan rings is 1. The van der Waals surface area contributed by atoms with Gasteiger partial charge in [-0.25, -0.2) is 4.68 Å². The van der Waals surface area contributed by atoms with Gasteiger partial charge in [-0.2, -0.15) is 10.1 Å². The van der Waals surface area contributed by atoms with Gasteiger partial charge in [0.05, 0.1) is 6.26 Å². The number of ketones is 1. The Morgan fingerprint density at radius 2 is 2.00 bits per heavy atom. The van der Waals surface area contributed by atoms with Crippen molar-refractivity contribution in [3.63, 3.8) is 0 Å². The minimum atomic E-state index is -0.242. The molecule has 2 aliphatic rings. The molecule has 1 aliphatic carbocycles. The average Bonchev–Trinajstić information content (AvgIpc) is 3.29. The van der Waals surface area contributed by atoms with Crippen molar-refractivity contribution in [3.05, 3.63) is 77.1 Å². The number of aryl methyl sites for hydroxylation is 1. The number of carbonyl (C=O) groups excluding carboxylic acids is 1. The van der Waals surface area contributed by atoms with Gasteiger partial charge in [-0.05, 0) is 31.0 Å². The minimum Gasteiger partial charge on any atom is -0.469 e. The zero-order valence-electron chi connectivity index (χ0n) is 14.3. The van der Waals surface area contributed by atoms with E-state index in [0.29, 0.717) is 18.2 Å². The van der Waals surface area contributed by atoms with Crippen LogP contribution < -0.4 is 5.32 Å². The summed E-state index contributed by atoms with van der Waals surface area (Å²) in [6.45, 7) is 1.86. The number of Topliss-reactive ketones (excluding diaryl/α,β-unsaturated/α-hetero) is 1. The van der Waals surface area contributed by atoms with Crippen LogP contribution in [0.5, 0.6) is 0 Å². The molecule has 0 spiro atoms. The fourth-order valence-electron chi connectivity index (χ4n) is 3.99. The number of nitrogens with zero attached hydrogens (tertiary/aromatic N) is 3. The zero-order valence-corrected chi connectivity index (χ0v) is 14.3. The Labute approximate surface area is 150 Å². The molecule has 3 aromatic rings. The molecule has 0 amide bonds. The quantitative estimate of drug-likeness (QED) is 0.767. The van der Waals surface area contributed by atoms with Gasteiger partial charge >= 0.3 is 0 Å². The molecule has 3 heterocycles. The molecule has 2 atom stereocenters. The Morgan fingerprint density at radius 1 is 1.15 bits per heavy atom. The van der Waals surface area contributed by atoms with E-state index in [-0.39, 0.29) is 17.7 Å². The number of hydrogen-bond donors (Lipinski definition) is 1. The number of carbonyl (C=O) groups is 1. The molecule has 0 saturated heterocycles. The number of allylic oxidation sites excluding steroid dienone is 2. The molecule has 0 bridgehead atoms. The van der Waals surface area contributed by atoms with Crippen LogP contribution in [0, 0.1) is 6.92 Å². The van der Waals surface area contributed by atoms with Crippen molar-refractivity contribution in [3.8, 4) is 0 Å². The van der Waals surface area contributed by atoms with Crippen LogP contribution in [0.2, 0.25) is 0 Å². The third-order valence-electron chi connectivity index (χ3n) is 5.09. The Bertz CT molecular complexity index is 1000. The lowest BCUT2D eigenvalue weighted by Crippen LogP contribution is -2.33. The molecule has 0 saturated carbocycles. The van der Waals surface area contributed by atoms with Gasteiger partial charge in [-0.3, -0.25) is 4.79 Å². The van der Waals surface area contributed by atoms with Crippen LogP contribution in [0.25, 0.3) is 0 Å². The lowest BCUT2D eigenvalue weighted by molar-refractivity contribution is -0.117. The molecule has 6 heteroatoms. The molecule has 6 nitrogen and oxygen atoms in total. The highest BCUT2D eigenvalue weighted by Crippen LogP contribution is 2.43. The number of benzene rings is 1. The second-order valence-electron chi connectivity index (χ2n) is 6.80. The SMILES string of the molecule is Cc1nc2n(n1)[C@H](c1ccccc1)C1=C(C[C@@H](c3ccco3)CC1=O)N2. The Hall–Kier alpha value is -3.15. The summed E-state index contributed by atoms with van der Waals surface area (Å²) in [4.78, 5) is 17.6. The molecule has 2 aromatic heterocycles. The highest BCUT2D eigenvalue weighted by molar-refractivity contribution is 6.00. The normalized spacial score (nSPS) is 22.0. The highest BCUT2D eigenvalue weighted by atomic mass is 16.3. The second-order valence-corrected chi connectivity index (χ2v) is 6.80. The number of nitrogens with one attached hydrogen (secondary N) is 1. The molecule has 0 fully saturated rings. The first-order valence-corrected chi connectivity index (χ1v) is 8.75. The smallest absolute Gasteiger partial charge is 0.226 e. The molecule has 0 radical (unpaired) electrons. The Morgan fingerprint density at radius 3 is 2.77 bits per heavy atom. The van der Waals surface area contributed by atoms with Gasteiger partial charge in [0.25, 0.3) is 0 Å². The Balaban J connectivity index is 1.64. The number of anilines is 1. The van der Waals surface area contributed by atoms with Gasteiger partial charge in [-0.1, -0.05) is 30.3 Å². The van der Waals surface area contributed by atoms with Crippen molar-refractivity contribution in [2.24, 2.45) is 0 Å². The fraction of sp³-hybridized carbons (Fsp3) is 0.250. The van der Waals surface area contributed by atoms with Crippen LogP contribution in [0.15, 0.2) is 64.4 Å². The molecule has 1 N–H and O–H groups in total. The lowest BCUT2D eigenvalue weighted by Gasteiger charge is -2.34. The highest BCUT2D eigenvalue weighted by Gasteiger charge is 2.40. The zero-order chi connectivity index (χ0) is 17.7. The lowest BCUT2D eigenvalue weighted by atomic mass is 9.79. The molecule has 5 rings (SSSR count). The first-order valence-electron chi connectivity index (χ1n) is 8.75. The summed E-state index contributed by atoms with van der Waals surface area (Å²) in [5.41, 5.74) is 2.75. The molecule has 1 aromatic carbocycles. The molecular formula is C20H18N4O2. The molecule has 26 heavy (non-hydrogen) atoms. The Kier molecular flexibility index (Phi) is 3.31. The molecular weight excluding hydrogens is 328 g/mol. The van der Waals surface area contributed by atoms with Crippen LogP contribution in [-0.4, -0.2) is 20.5 Å². The maximum absolute atomic E-state index is 13.1. The van der Waals surface area contributed by atoms with Gasteiger partial charge in [0.15, 0.2) is 5.78 Å². The predicted octanol–water partition coefficient (Wildman–Crippen LogP) is 3.60. The first kappa shape index (κ1) is 15.1. The van der Waals surface area contributed by atoms with E-state index in [1.165, 1.54) is 0 Å². The van der Waals surface area contributed by atoms with Crippen LogP contribution in [0.4, 0.5) is 5.95 Å². The van der Waals surface area contributed by atoms with Crippen LogP contribution in [0.1, 0.15) is 41.9 Å². The van der Waals surface area contributed by atoms with Gasteiger partial charge in [0.2, 0.25) is 5.95 Å². The molecule has 130 valence electrons. The van der Waals surface area contributed by atoms with Crippen molar-refractivity contribution >= 4 is 11.7 Å². The summed E-state index contributed by atoms with van der Waals surface area (Å²) >= 11 is 0. The van der Waals surface area contributed by atoms with Crippen molar-refractivity contribution in [2.75, 3.05) is 5.32 Å². The van der Waals surface area contributed by atoms with Gasteiger partial charge < -0.3 is 9.73 Å². The van der Waals surface area contributed by atoms with Crippen LogP contribution in [0.3, 0.4) is 0 Å². The predicted molar refractivity (Wildman–Crippen MR) is 95.7 cm³/mol. The van der Waals surface area contributed by atoms with E-state index >= 15 is 0 Å². The van der Waals surface area contributed by atoms with Crippen molar-refractivity contribution in [1.82, 2.24) is 14.8 Å². The second kappa shape index (κ2) is 5.69. The maximum Gasteiger partial charge on any atom is 0.226 e. The molecule has 1 aliphatic heterocycles. The summed E-state index contributed by atoms with van der Waals surface area (Å²) < 4.78 is 7.38. The minimum absolute atomic E-state index is 0.0516. The summed E-state index contributed by atoms with van der Waals surface area (Å²) in [7, 11) is 0. The third kappa shape index (κ3) is 2.29. The summed E-state index contributed by atoms with van der Waals surface area (Å²) in [5, 5.41) is 7.89. The van der Waals surface area contributed by atoms with E-state index < -0.39 is 0 Å². The number of aromatic nitrogens is 3. The van der Waals surface area contributed by atoms with Crippen LogP contribution in [-0.2, 0) is 4.79 Å². The van der Waals surface area contributed by atoms with Crippen molar-refractivity contribution < 1.29 is 9.21 Å². The number of hydrogen-bond acceptors (Lipinski definition) is 5. The summed E-state index contributed by atoms with van der Waals surface area (Å²) in [6, 6.07) is 13.6. The van der Waals surface area contributed by atoms with E-state index in [0.717, 1.165) is 29.0 Å².